The van der Waals surface area contributed by atoms with Crippen molar-refractivity contribution in [3.05, 3.63) is 92.6 Å². The second kappa shape index (κ2) is 13.3. The Kier molecular flexibility index (Phi) is 9.10. The quantitative estimate of drug-likeness (QED) is 0.155. The summed E-state index contributed by atoms with van der Waals surface area (Å²) in [6.45, 7) is 1.42. The fraction of sp³-hybridized carbons (Fsp3) is 0.258. The molecule has 1 fully saturated rings. The number of H-pyrrole nitrogens is 1. The molecule has 1 amide bonds. The van der Waals surface area contributed by atoms with Gasteiger partial charge in [-0.15, -0.1) is 6.42 Å². The number of amides is 1. The molecule has 15 nitrogen and oxygen atoms in total. The normalized spacial score (nSPS) is 18.8. The van der Waals surface area contributed by atoms with Crippen LogP contribution in [0.4, 0.5) is 5.95 Å². The predicted molar refractivity (Wildman–Crippen MR) is 160 cm³/mol. The van der Waals surface area contributed by atoms with Gasteiger partial charge >= 0.3 is 23.6 Å². The second-order valence-corrected chi connectivity index (χ2v) is 10.1. The first-order valence-corrected chi connectivity index (χ1v) is 13.9. The Hall–Kier alpha value is -6.01. The van der Waals surface area contributed by atoms with Crippen molar-refractivity contribution in [2.75, 3.05) is 11.9 Å². The van der Waals surface area contributed by atoms with Crippen LogP contribution in [0, 0.1) is 12.3 Å². The molecule has 0 unspecified atom stereocenters. The third kappa shape index (κ3) is 6.42. The molecule has 15 heteroatoms. The number of aromatic amines is 1. The van der Waals surface area contributed by atoms with E-state index in [9.17, 15) is 28.8 Å². The van der Waals surface area contributed by atoms with Gasteiger partial charge in [-0.25, -0.2) is 19.0 Å². The largest absolute Gasteiger partial charge is 0.459 e. The van der Waals surface area contributed by atoms with Crippen LogP contribution in [0.15, 0.2) is 70.3 Å². The summed E-state index contributed by atoms with van der Waals surface area (Å²) >= 11 is 0. The number of benzene rings is 2. The van der Waals surface area contributed by atoms with E-state index in [-0.39, 0.29) is 34.8 Å². The van der Waals surface area contributed by atoms with Crippen molar-refractivity contribution in [2.45, 2.75) is 44.9 Å². The van der Waals surface area contributed by atoms with Crippen molar-refractivity contribution in [3.63, 3.8) is 0 Å². The number of ether oxygens (including phenoxy) is 4. The zero-order valence-electron chi connectivity index (χ0n) is 24.5. The summed E-state index contributed by atoms with van der Waals surface area (Å²) in [6.07, 6.45) is -0.334. The second-order valence-electron chi connectivity index (χ2n) is 10.1. The molecule has 236 valence electrons. The number of nitrogens with one attached hydrogen (secondary N) is 2. The van der Waals surface area contributed by atoms with Crippen LogP contribution in [0.3, 0.4) is 0 Å². The number of rotatable bonds is 9. The lowest BCUT2D eigenvalue weighted by Gasteiger charge is -2.24. The number of aromatic nitrogens is 4. The Morgan fingerprint density at radius 1 is 0.957 bits per heavy atom. The molecule has 0 saturated carbocycles. The molecule has 1 aliphatic heterocycles. The molecule has 0 bridgehead atoms. The van der Waals surface area contributed by atoms with Gasteiger partial charge in [-0.1, -0.05) is 42.3 Å². The maximum absolute atomic E-state index is 13.8. The van der Waals surface area contributed by atoms with Gasteiger partial charge in [0.1, 0.15) is 12.7 Å². The van der Waals surface area contributed by atoms with Gasteiger partial charge in [0.15, 0.2) is 29.6 Å². The number of anilines is 1. The van der Waals surface area contributed by atoms with E-state index < -0.39 is 66.2 Å². The van der Waals surface area contributed by atoms with E-state index in [2.05, 4.69) is 21.2 Å². The monoisotopic (exact) mass is 629 g/mol. The highest BCUT2D eigenvalue weighted by atomic mass is 16.7. The van der Waals surface area contributed by atoms with Gasteiger partial charge in [0, 0.05) is 13.8 Å². The highest BCUT2D eigenvalue weighted by Gasteiger charge is 2.52. The van der Waals surface area contributed by atoms with Crippen LogP contribution >= 0.6 is 0 Å². The molecule has 1 saturated heterocycles. The van der Waals surface area contributed by atoms with Gasteiger partial charge in [0.2, 0.25) is 11.9 Å². The van der Waals surface area contributed by atoms with Crippen molar-refractivity contribution >= 4 is 40.9 Å². The molecule has 46 heavy (non-hydrogen) atoms. The van der Waals surface area contributed by atoms with E-state index in [0.717, 1.165) is 16.1 Å². The lowest BCUT2D eigenvalue weighted by molar-refractivity contribution is -0.156. The van der Waals surface area contributed by atoms with E-state index in [1.807, 2.05) is 0 Å². The van der Waals surface area contributed by atoms with Crippen LogP contribution in [0.1, 0.15) is 40.8 Å². The SMILES string of the molecule is C#CCn1c(=O)n([C@@H]2O[C@H](COC(=O)c3ccccc3)[C@H](OC(=O)c3ccccc3)[C@H]2OC(C)=O)c2nc(NC(C)=O)[nH]c(=O)c21. The zero-order chi connectivity index (χ0) is 33.0. The number of nitrogens with zero attached hydrogens (tertiary/aromatic N) is 3. The first-order chi connectivity index (χ1) is 22.1. The molecular weight excluding hydrogens is 602 g/mol. The Balaban J connectivity index is 1.62. The average molecular weight is 630 g/mol. The fourth-order valence-corrected chi connectivity index (χ4v) is 4.97. The highest BCUT2D eigenvalue weighted by Crippen LogP contribution is 2.35. The third-order valence-corrected chi connectivity index (χ3v) is 6.84. The standard InChI is InChI=1S/C31H27N5O10/c1-4-15-35-22-25(33-30(32-17(2)37)34-26(22)39)36(31(35)42)27-24(44-18(3)38)23(46-29(41)20-13-9-6-10-14-20)21(45-27)16-43-28(40)19-11-7-5-8-12-19/h1,5-14,21,23-24,27H,15-16H2,2-3H3,(H2,32,33,34,37,39)/t21-,23+,24-,27-/m1/s1. The summed E-state index contributed by atoms with van der Waals surface area (Å²) in [7, 11) is 0. The lowest BCUT2D eigenvalue weighted by Crippen LogP contribution is -2.42. The zero-order valence-corrected chi connectivity index (χ0v) is 24.5. The first-order valence-electron chi connectivity index (χ1n) is 13.9. The minimum atomic E-state index is -1.58. The minimum absolute atomic E-state index is 0.156. The summed E-state index contributed by atoms with van der Waals surface area (Å²) in [5, 5.41) is 2.35. The number of terminal acetylenes is 1. The van der Waals surface area contributed by atoms with Crippen molar-refractivity contribution in [1.29, 1.82) is 0 Å². The van der Waals surface area contributed by atoms with Gasteiger partial charge in [-0.2, -0.15) is 4.98 Å². The molecule has 2 aromatic heterocycles. The number of hydrogen-bond donors (Lipinski definition) is 2. The lowest BCUT2D eigenvalue weighted by atomic mass is 10.1. The van der Waals surface area contributed by atoms with E-state index in [1.54, 1.807) is 36.4 Å². The Morgan fingerprint density at radius 2 is 1.59 bits per heavy atom. The van der Waals surface area contributed by atoms with E-state index in [0.29, 0.717) is 0 Å². The molecule has 1 aliphatic rings. The van der Waals surface area contributed by atoms with Crippen LogP contribution in [0.25, 0.3) is 11.2 Å². The van der Waals surface area contributed by atoms with Gasteiger partial charge in [0.05, 0.1) is 17.7 Å². The van der Waals surface area contributed by atoms with Crippen molar-refractivity contribution in [3.8, 4) is 12.3 Å². The minimum Gasteiger partial charge on any atom is -0.459 e. The Morgan fingerprint density at radius 3 is 2.17 bits per heavy atom. The maximum atomic E-state index is 13.8. The van der Waals surface area contributed by atoms with Crippen LogP contribution in [-0.4, -0.2) is 67.8 Å². The van der Waals surface area contributed by atoms with Gasteiger partial charge < -0.3 is 18.9 Å². The molecule has 0 radical (unpaired) electrons. The topological polar surface area (TPSA) is 190 Å². The van der Waals surface area contributed by atoms with E-state index in [1.165, 1.54) is 31.2 Å². The molecule has 0 aliphatic carbocycles. The summed E-state index contributed by atoms with van der Waals surface area (Å²) in [6, 6.07) is 16.0. The molecule has 2 aromatic carbocycles. The van der Waals surface area contributed by atoms with Gasteiger partial charge in [-0.3, -0.25) is 29.3 Å². The Bertz CT molecular complexity index is 1960. The number of fused-ring (bicyclic) bond motifs is 1. The fourth-order valence-electron chi connectivity index (χ4n) is 4.97. The number of carbonyl (C=O) groups excluding carboxylic acids is 4. The Labute approximate surface area is 260 Å². The van der Waals surface area contributed by atoms with Crippen LogP contribution in [0.5, 0.6) is 0 Å². The number of hydrogen-bond acceptors (Lipinski definition) is 11. The molecule has 2 N–H and O–H groups in total. The molecular formula is C31H27N5O10. The number of esters is 3. The van der Waals surface area contributed by atoms with Gasteiger partial charge in [-0.05, 0) is 24.3 Å². The molecule has 5 rings (SSSR count). The number of carbonyl (C=O) groups is 4. The third-order valence-electron chi connectivity index (χ3n) is 6.84. The van der Waals surface area contributed by atoms with Crippen molar-refractivity contribution < 1.29 is 38.1 Å². The van der Waals surface area contributed by atoms with Gasteiger partial charge in [0.25, 0.3) is 5.56 Å². The molecule has 0 spiro atoms. The summed E-state index contributed by atoms with van der Waals surface area (Å²) < 4.78 is 24.9. The molecule has 4 atom stereocenters. The predicted octanol–water partition coefficient (Wildman–Crippen LogP) is 1.39. The number of imidazole rings is 1. The van der Waals surface area contributed by atoms with E-state index in [4.69, 9.17) is 25.4 Å². The van der Waals surface area contributed by atoms with Crippen LogP contribution < -0.4 is 16.6 Å². The summed E-state index contributed by atoms with van der Waals surface area (Å²) in [5.41, 5.74) is -1.87. The van der Waals surface area contributed by atoms with Crippen LogP contribution in [-0.2, 0) is 35.1 Å². The van der Waals surface area contributed by atoms with Crippen molar-refractivity contribution in [1.82, 2.24) is 19.1 Å². The summed E-state index contributed by atoms with van der Waals surface area (Å²) in [4.78, 5) is 83.7. The summed E-state index contributed by atoms with van der Waals surface area (Å²) in [5.74, 6) is -0.937. The molecule has 4 aromatic rings. The molecule has 3 heterocycles. The average Bonchev–Trinajstić information content (AvgIpc) is 3.49. The van der Waals surface area contributed by atoms with E-state index >= 15 is 0 Å². The highest BCUT2D eigenvalue weighted by molar-refractivity contribution is 5.90. The van der Waals surface area contributed by atoms with Crippen LogP contribution in [0.2, 0.25) is 0 Å². The maximum Gasteiger partial charge on any atom is 0.338 e. The first kappa shape index (κ1) is 31.4. The van der Waals surface area contributed by atoms with Crippen molar-refractivity contribution in [2.24, 2.45) is 0 Å². The smallest absolute Gasteiger partial charge is 0.338 e.